The van der Waals surface area contributed by atoms with Crippen molar-refractivity contribution in [1.29, 1.82) is 0 Å². The lowest BCUT2D eigenvalue weighted by atomic mass is 10.1. The molecule has 0 radical (unpaired) electrons. The van der Waals surface area contributed by atoms with Gasteiger partial charge in [0.05, 0.1) is 0 Å². The zero-order valence-electron chi connectivity index (χ0n) is 15.1. The Bertz CT molecular complexity index is 610. The molecule has 0 amide bonds. The molecule has 0 atom stereocenters. The zero-order chi connectivity index (χ0) is 17.4. The van der Waals surface area contributed by atoms with Crippen LogP contribution in [-0.2, 0) is 19.6 Å². The summed E-state index contributed by atoms with van der Waals surface area (Å²) in [7, 11) is 0. The van der Waals surface area contributed by atoms with Crippen LogP contribution in [0.15, 0.2) is 53.0 Å². The first-order chi connectivity index (χ1) is 11.6. The van der Waals surface area contributed by atoms with E-state index in [4.69, 9.17) is 0 Å². The highest BCUT2D eigenvalue weighted by Crippen LogP contribution is 2.21. The first-order valence-electron chi connectivity index (χ1n) is 8.82. The predicted molar refractivity (Wildman–Crippen MR) is 107 cm³/mol. The van der Waals surface area contributed by atoms with Gasteiger partial charge >= 0.3 is 0 Å². The van der Waals surface area contributed by atoms with Crippen LogP contribution in [0.25, 0.3) is 0 Å². The van der Waals surface area contributed by atoms with Crippen LogP contribution in [0.3, 0.4) is 0 Å². The summed E-state index contributed by atoms with van der Waals surface area (Å²) >= 11 is 3.76. The Hall–Kier alpha value is -1.16. The quantitative estimate of drug-likeness (QED) is 0.633. The molecule has 0 fully saturated rings. The molecule has 0 aliphatic carbocycles. The van der Waals surface area contributed by atoms with Crippen molar-refractivity contribution < 1.29 is 0 Å². The van der Waals surface area contributed by atoms with Gasteiger partial charge in [0.25, 0.3) is 0 Å². The van der Waals surface area contributed by atoms with E-state index in [9.17, 15) is 0 Å². The minimum absolute atomic E-state index is 0.684. The molecule has 1 N–H and O–H groups in total. The second kappa shape index (κ2) is 9.97. The van der Waals surface area contributed by atoms with E-state index in [0.29, 0.717) is 5.92 Å². The summed E-state index contributed by atoms with van der Waals surface area (Å²) in [5.74, 6) is 0.684. The van der Waals surface area contributed by atoms with Crippen LogP contribution in [0.2, 0.25) is 0 Å². The van der Waals surface area contributed by atoms with Gasteiger partial charge in [0, 0.05) is 24.1 Å². The number of hydrogen-bond donors (Lipinski definition) is 1. The zero-order valence-corrected chi connectivity index (χ0v) is 16.6. The van der Waals surface area contributed by atoms with Crippen molar-refractivity contribution in [2.75, 3.05) is 13.1 Å². The monoisotopic (exact) mass is 388 g/mol. The van der Waals surface area contributed by atoms with Gasteiger partial charge in [-0.25, -0.2) is 0 Å². The Morgan fingerprint density at radius 3 is 2.38 bits per heavy atom. The predicted octanol–water partition coefficient (Wildman–Crippen LogP) is 5.22. The standard InChI is InChI=1S/C21H29BrN2/c1-4-24(15-18-8-6-5-7-9-18)16-20-11-10-19(12-21(20)22)14-23-13-17(2)3/h5-12,17,23H,4,13-16H2,1-3H3. The van der Waals surface area contributed by atoms with Crippen LogP contribution in [0, 0.1) is 5.92 Å². The third-order valence-electron chi connectivity index (χ3n) is 4.09. The first kappa shape index (κ1) is 19.2. The fraction of sp³-hybridized carbons (Fsp3) is 0.429. The van der Waals surface area contributed by atoms with E-state index in [1.807, 2.05) is 0 Å². The molecule has 130 valence electrons. The molecular weight excluding hydrogens is 360 g/mol. The Labute approximate surface area is 155 Å². The van der Waals surface area contributed by atoms with Crippen LogP contribution in [0.4, 0.5) is 0 Å². The normalized spacial score (nSPS) is 11.4. The number of nitrogens with one attached hydrogen (secondary N) is 1. The summed E-state index contributed by atoms with van der Waals surface area (Å²) in [4.78, 5) is 2.46. The molecule has 0 unspecified atom stereocenters. The average molecular weight is 389 g/mol. The van der Waals surface area contributed by atoms with Crippen molar-refractivity contribution in [3.63, 3.8) is 0 Å². The fourth-order valence-electron chi connectivity index (χ4n) is 2.70. The van der Waals surface area contributed by atoms with Crippen LogP contribution < -0.4 is 5.32 Å². The molecule has 0 aromatic heterocycles. The second-order valence-electron chi connectivity index (χ2n) is 6.74. The highest BCUT2D eigenvalue weighted by molar-refractivity contribution is 9.10. The molecule has 0 saturated carbocycles. The summed E-state index contributed by atoms with van der Waals surface area (Å²) in [5.41, 5.74) is 4.04. The Kier molecular flexibility index (Phi) is 7.97. The minimum Gasteiger partial charge on any atom is -0.312 e. The largest absolute Gasteiger partial charge is 0.312 e. The van der Waals surface area contributed by atoms with Crippen molar-refractivity contribution in [3.8, 4) is 0 Å². The minimum atomic E-state index is 0.684. The van der Waals surface area contributed by atoms with Gasteiger partial charge in [-0.1, -0.05) is 79.2 Å². The third-order valence-corrected chi connectivity index (χ3v) is 4.83. The Morgan fingerprint density at radius 1 is 1.00 bits per heavy atom. The fourth-order valence-corrected chi connectivity index (χ4v) is 3.25. The number of rotatable bonds is 9. The first-order valence-corrected chi connectivity index (χ1v) is 9.62. The SMILES string of the molecule is CCN(Cc1ccccc1)Cc1ccc(CNCC(C)C)cc1Br. The molecule has 2 aromatic carbocycles. The molecular formula is C21H29BrN2. The van der Waals surface area contributed by atoms with Crippen molar-refractivity contribution >= 4 is 15.9 Å². The van der Waals surface area contributed by atoms with Gasteiger partial charge in [-0.3, -0.25) is 4.90 Å². The lowest BCUT2D eigenvalue weighted by molar-refractivity contribution is 0.271. The molecule has 2 rings (SSSR count). The number of benzene rings is 2. The van der Waals surface area contributed by atoms with E-state index in [0.717, 1.165) is 32.7 Å². The van der Waals surface area contributed by atoms with Gasteiger partial charge in [0.2, 0.25) is 0 Å². The van der Waals surface area contributed by atoms with E-state index in [-0.39, 0.29) is 0 Å². The Morgan fingerprint density at radius 2 is 1.75 bits per heavy atom. The van der Waals surface area contributed by atoms with Crippen molar-refractivity contribution in [1.82, 2.24) is 10.2 Å². The van der Waals surface area contributed by atoms with Crippen molar-refractivity contribution in [2.45, 2.75) is 40.4 Å². The van der Waals surface area contributed by atoms with E-state index < -0.39 is 0 Å². The molecule has 0 spiro atoms. The lowest BCUT2D eigenvalue weighted by Crippen LogP contribution is -2.22. The van der Waals surface area contributed by atoms with Crippen molar-refractivity contribution in [2.24, 2.45) is 5.92 Å². The van der Waals surface area contributed by atoms with Gasteiger partial charge in [-0.15, -0.1) is 0 Å². The number of nitrogens with zero attached hydrogens (tertiary/aromatic N) is 1. The van der Waals surface area contributed by atoms with E-state index in [2.05, 4.69) is 95.4 Å². The summed E-state index contributed by atoms with van der Waals surface area (Å²) in [5, 5.41) is 3.50. The highest BCUT2D eigenvalue weighted by atomic mass is 79.9. The van der Waals surface area contributed by atoms with Gasteiger partial charge < -0.3 is 5.32 Å². The molecule has 0 bridgehead atoms. The smallest absolute Gasteiger partial charge is 0.0248 e. The van der Waals surface area contributed by atoms with Gasteiger partial charge in [-0.2, -0.15) is 0 Å². The molecule has 0 heterocycles. The second-order valence-corrected chi connectivity index (χ2v) is 7.59. The lowest BCUT2D eigenvalue weighted by Gasteiger charge is -2.21. The Balaban J connectivity index is 1.95. The summed E-state index contributed by atoms with van der Waals surface area (Å²) in [6, 6.07) is 17.4. The van der Waals surface area contributed by atoms with Gasteiger partial charge in [-0.05, 0) is 41.8 Å². The van der Waals surface area contributed by atoms with Crippen LogP contribution in [-0.4, -0.2) is 18.0 Å². The summed E-state index contributed by atoms with van der Waals surface area (Å²) in [6.07, 6.45) is 0. The maximum Gasteiger partial charge on any atom is 0.0248 e. The average Bonchev–Trinajstić information content (AvgIpc) is 2.57. The molecule has 2 nitrogen and oxygen atoms in total. The van der Waals surface area contributed by atoms with Crippen molar-refractivity contribution in [3.05, 3.63) is 69.7 Å². The number of halogens is 1. The maximum atomic E-state index is 3.76. The molecule has 0 saturated heterocycles. The molecule has 24 heavy (non-hydrogen) atoms. The van der Waals surface area contributed by atoms with Crippen LogP contribution in [0.5, 0.6) is 0 Å². The molecule has 0 aliphatic heterocycles. The molecule has 0 aliphatic rings. The molecule has 3 heteroatoms. The van der Waals surface area contributed by atoms with Crippen LogP contribution in [0.1, 0.15) is 37.5 Å². The summed E-state index contributed by atoms with van der Waals surface area (Å²) in [6.45, 7) is 11.7. The van der Waals surface area contributed by atoms with Gasteiger partial charge in [0.1, 0.15) is 0 Å². The van der Waals surface area contributed by atoms with Crippen LogP contribution >= 0.6 is 15.9 Å². The van der Waals surface area contributed by atoms with Gasteiger partial charge in [0.15, 0.2) is 0 Å². The topological polar surface area (TPSA) is 15.3 Å². The number of hydrogen-bond acceptors (Lipinski definition) is 2. The summed E-state index contributed by atoms with van der Waals surface area (Å²) < 4.78 is 1.21. The molecule has 2 aromatic rings. The maximum absolute atomic E-state index is 3.76. The van der Waals surface area contributed by atoms with E-state index in [1.54, 1.807) is 0 Å². The highest BCUT2D eigenvalue weighted by Gasteiger charge is 2.08. The third kappa shape index (κ3) is 6.39. The van der Waals surface area contributed by atoms with E-state index in [1.165, 1.54) is 21.2 Å². The van der Waals surface area contributed by atoms with E-state index >= 15 is 0 Å².